The molecule has 5 heteroatoms. The molecule has 0 aliphatic carbocycles. The standard InChI is InChI=1S/C17H19F2NO2/c1-17(2,3)10-7-14(21)13-8-11-12(20(13)9-10)5-4-6-15(11)22-16(18)19/h4-6,8,10,16H,7,9H2,1-3H3. The molecule has 2 heterocycles. The average molecular weight is 307 g/mol. The fourth-order valence-electron chi connectivity index (χ4n) is 3.08. The van der Waals surface area contributed by atoms with Crippen LogP contribution in [0.5, 0.6) is 5.75 Å². The van der Waals surface area contributed by atoms with Gasteiger partial charge < -0.3 is 9.30 Å². The van der Waals surface area contributed by atoms with Crippen LogP contribution in [0.3, 0.4) is 0 Å². The van der Waals surface area contributed by atoms with E-state index in [-0.39, 0.29) is 22.9 Å². The second kappa shape index (κ2) is 5.07. The van der Waals surface area contributed by atoms with Gasteiger partial charge in [0.1, 0.15) is 5.75 Å². The molecule has 0 bridgehead atoms. The minimum absolute atomic E-state index is 0.0149. The number of rotatable bonds is 2. The van der Waals surface area contributed by atoms with E-state index in [2.05, 4.69) is 25.5 Å². The lowest BCUT2D eigenvalue weighted by Gasteiger charge is -2.34. The summed E-state index contributed by atoms with van der Waals surface area (Å²) in [6.45, 7) is 4.19. The zero-order valence-electron chi connectivity index (χ0n) is 12.9. The van der Waals surface area contributed by atoms with Crippen LogP contribution in [0.15, 0.2) is 24.3 Å². The van der Waals surface area contributed by atoms with Crippen LogP contribution < -0.4 is 4.74 Å². The molecular formula is C17H19F2NO2. The van der Waals surface area contributed by atoms with Gasteiger partial charge in [-0.25, -0.2) is 0 Å². The first kappa shape index (κ1) is 15.0. The summed E-state index contributed by atoms with van der Waals surface area (Å²) in [5, 5.41) is 0.570. The van der Waals surface area contributed by atoms with E-state index in [9.17, 15) is 13.6 Å². The van der Waals surface area contributed by atoms with Gasteiger partial charge in [0.05, 0.1) is 11.2 Å². The van der Waals surface area contributed by atoms with Crippen molar-refractivity contribution in [2.45, 2.75) is 40.3 Å². The lowest BCUT2D eigenvalue weighted by Crippen LogP contribution is -2.33. The van der Waals surface area contributed by atoms with Crippen molar-refractivity contribution in [1.29, 1.82) is 0 Å². The van der Waals surface area contributed by atoms with Crippen molar-refractivity contribution < 1.29 is 18.3 Å². The molecule has 1 aromatic heterocycles. The molecule has 3 rings (SSSR count). The Morgan fingerprint density at radius 1 is 1.32 bits per heavy atom. The number of Topliss-reactive ketones (excluding diaryl/α,β-unsaturated/α-hetero) is 1. The maximum Gasteiger partial charge on any atom is 0.387 e. The number of fused-ring (bicyclic) bond motifs is 3. The minimum Gasteiger partial charge on any atom is -0.434 e. The number of carbonyl (C=O) groups excluding carboxylic acids is 1. The highest BCUT2D eigenvalue weighted by Gasteiger charge is 2.34. The molecule has 0 saturated heterocycles. The highest BCUT2D eigenvalue weighted by atomic mass is 19.3. The highest BCUT2D eigenvalue weighted by Crippen LogP contribution is 2.39. The van der Waals surface area contributed by atoms with Gasteiger partial charge in [0.2, 0.25) is 0 Å². The Labute approximate surface area is 127 Å². The van der Waals surface area contributed by atoms with Crippen molar-refractivity contribution in [2.75, 3.05) is 0 Å². The number of nitrogens with zero attached hydrogens (tertiary/aromatic N) is 1. The molecule has 0 amide bonds. The fourth-order valence-corrected chi connectivity index (χ4v) is 3.08. The number of benzene rings is 1. The minimum atomic E-state index is -2.87. The zero-order chi connectivity index (χ0) is 16.1. The number of carbonyl (C=O) groups is 1. The number of alkyl halides is 2. The number of ether oxygens (including phenoxy) is 1. The molecule has 1 aliphatic heterocycles. The molecule has 3 nitrogen and oxygen atoms in total. The van der Waals surface area contributed by atoms with Crippen molar-refractivity contribution in [3.63, 3.8) is 0 Å². The number of aromatic nitrogens is 1. The first-order valence-electron chi connectivity index (χ1n) is 7.37. The van der Waals surface area contributed by atoms with Gasteiger partial charge in [-0.2, -0.15) is 8.78 Å². The lowest BCUT2D eigenvalue weighted by molar-refractivity contribution is -0.0487. The molecule has 0 fully saturated rings. The Morgan fingerprint density at radius 3 is 2.68 bits per heavy atom. The fraction of sp³-hybridized carbons (Fsp3) is 0.471. The maximum atomic E-state index is 12.5. The quantitative estimate of drug-likeness (QED) is 0.818. The third-order valence-electron chi connectivity index (χ3n) is 4.47. The van der Waals surface area contributed by atoms with Crippen molar-refractivity contribution in [2.24, 2.45) is 11.3 Å². The van der Waals surface area contributed by atoms with E-state index in [1.807, 2.05) is 10.6 Å². The average Bonchev–Trinajstić information content (AvgIpc) is 2.78. The van der Waals surface area contributed by atoms with Crippen LogP contribution >= 0.6 is 0 Å². The molecule has 1 unspecified atom stereocenters. The molecule has 0 saturated carbocycles. The SMILES string of the molecule is CC(C)(C)C1CC(=O)c2cc3c(OC(F)F)cccc3n2C1. The van der Waals surface area contributed by atoms with Crippen LogP contribution in [0.4, 0.5) is 8.78 Å². The monoisotopic (exact) mass is 307 g/mol. The van der Waals surface area contributed by atoms with E-state index in [4.69, 9.17) is 0 Å². The zero-order valence-corrected chi connectivity index (χ0v) is 12.9. The van der Waals surface area contributed by atoms with Gasteiger partial charge in [-0.3, -0.25) is 4.79 Å². The van der Waals surface area contributed by atoms with E-state index < -0.39 is 6.61 Å². The summed E-state index contributed by atoms with van der Waals surface area (Å²) in [5.74, 6) is 0.405. The smallest absolute Gasteiger partial charge is 0.387 e. The van der Waals surface area contributed by atoms with Crippen molar-refractivity contribution in [3.8, 4) is 5.75 Å². The van der Waals surface area contributed by atoms with E-state index >= 15 is 0 Å². The lowest BCUT2D eigenvalue weighted by atomic mass is 9.76. The van der Waals surface area contributed by atoms with Gasteiger partial charge in [0.25, 0.3) is 0 Å². The maximum absolute atomic E-state index is 12.5. The molecule has 0 N–H and O–H groups in total. The third kappa shape index (κ3) is 2.49. The predicted octanol–water partition coefficient (Wildman–Crippen LogP) is 4.49. The Kier molecular flexibility index (Phi) is 3.46. The van der Waals surface area contributed by atoms with Crippen LogP contribution in [-0.4, -0.2) is 17.0 Å². The van der Waals surface area contributed by atoms with E-state index in [0.717, 1.165) is 5.52 Å². The number of ketones is 1. The van der Waals surface area contributed by atoms with E-state index in [1.54, 1.807) is 12.1 Å². The van der Waals surface area contributed by atoms with Gasteiger partial charge in [-0.05, 0) is 29.5 Å². The van der Waals surface area contributed by atoms with E-state index in [1.165, 1.54) is 6.07 Å². The summed E-state index contributed by atoms with van der Waals surface area (Å²) >= 11 is 0. The largest absolute Gasteiger partial charge is 0.434 e. The second-order valence-corrected chi connectivity index (χ2v) is 6.90. The Bertz CT molecular complexity index is 728. The van der Waals surface area contributed by atoms with Crippen LogP contribution in [0.1, 0.15) is 37.7 Å². The van der Waals surface area contributed by atoms with Gasteiger partial charge in [0, 0.05) is 18.4 Å². The number of hydrogen-bond donors (Lipinski definition) is 0. The summed E-state index contributed by atoms with van der Waals surface area (Å²) in [4.78, 5) is 12.4. The number of halogens is 2. The van der Waals surface area contributed by atoms with Gasteiger partial charge in [-0.15, -0.1) is 0 Å². The Balaban J connectivity index is 2.12. The summed E-state index contributed by atoms with van der Waals surface area (Å²) in [5.41, 5.74) is 1.37. The molecule has 0 radical (unpaired) electrons. The number of hydrogen-bond acceptors (Lipinski definition) is 2. The summed E-state index contributed by atoms with van der Waals surface area (Å²) < 4.78 is 31.6. The molecule has 1 aliphatic rings. The molecule has 1 aromatic carbocycles. The summed E-state index contributed by atoms with van der Waals surface area (Å²) in [7, 11) is 0. The van der Waals surface area contributed by atoms with Gasteiger partial charge >= 0.3 is 6.61 Å². The normalized spacial score (nSPS) is 18.8. The molecule has 22 heavy (non-hydrogen) atoms. The summed E-state index contributed by atoms with van der Waals surface area (Å²) in [6, 6.07) is 6.70. The van der Waals surface area contributed by atoms with Gasteiger partial charge in [0.15, 0.2) is 5.78 Å². The van der Waals surface area contributed by atoms with Gasteiger partial charge in [-0.1, -0.05) is 26.8 Å². The second-order valence-electron chi connectivity index (χ2n) is 6.90. The highest BCUT2D eigenvalue weighted by molar-refractivity contribution is 6.02. The van der Waals surface area contributed by atoms with Crippen LogP contribution in [-0.2, 0) is 6.54 Å². The van der Waals surface area contributed by atoms with Crippen LogP contribution in [0, 0.1) is 11.3 Å². The first-order chi connectivity index (χ1) is 10.3. The molecular weight excluding hydrogens is 288 g/mol. The van der Waals surface area contributed by atoms with Crippen molar-refractivity contribution in [3.05, 3.63) is 30.0 Å². The van der Waals surface area contributed by atoms with Crippen molar-refractivity contribution in [1.82, 2.24) is 4.57 Å². The first-order valence-corrected chi connectivity index (χ1v) is 7.37. The molecule has 0 spiro atoms. The van der Waals surface area contributed by atoms with E-state index in [0.29, 0.717) is 24.0 Å². The predicted molar refractivity (Wildman–Crippen MR) is 80.5 cm³/mol. The Hall–Kier alpha value is -1.91. The third-order valence-corrected chi connectivity index (χ3v) is 4.47. The molecule has 2 aromatic rings. The van der Waals surface area contributed by atoms with Crippen molar-refractivity contribution >= 4 is 16.7 Å². The van der Waals surface area contributed by atoms with Crippen LogP contribution in [0.25, 0.3) is 10.9 Å². The van der Waals surface area contributed by atoms with Crippen LogP contribution in [0.2, 0.25) is 0 Å². The summed E-state index contributed by atoms with van der Waals surface area (Å²) in [6.07, 6.45) is 0.491. The molecule has 118 valence electrons. The topological polar surface area (TPSA) is 31.2 Å². The molecule has 1 atom stereocenters. The Morgan fingerprint density at radius 2 is 2.05 bits per heavy atom.